The molecule has 26 heavy (non-hydrogen) atoms. The molecule has 1 aliphatic heterocycles. The Hall–Kier alpha value is -2.62. The molecular formula is C22H26N2O2. The lowest BCUT2D eigenvalue weighted by Crippen LogP contribution is -2.59. The fourth-order valence-electron chi connectivity index (χ4n) is 3.49. The topological polar surface area (TPSA) is 58.2 Å². The van der Waals surface area contributed by atoms with Crippen molar-refractivity contribution in [2.75, 3.05) is 0 Å². The molecule has 2 aromatic carbocycles. The van der Waals surface area contributed by atoms with Gasteiger partial charge < -0.3 is 10.6 Å². The van der Waals surface area contributed by atoms with Crippen LogP contribution in [0.5, 0.6) is 0 Å². The maximum atomic E-state index is 13.1. The van der Waals surface area contributed by atoms with Crippen molar-refractivity contribution in [2.45, 2.75) is 51.1 Å². The van der Waals surface area contributed by atoms with E-state index >= 15 is 0 Å². The summed E-state index contributed by atoms with van der Waals surface area (Å²) in [5, 5.41) is 6.08. The van der Waals surface area contributed by atoms with Crippen molar-refractivity contribution in [1.29, 1.82) is 0 Å². The molecule has 0 radical (unpaired) electrons. The Morgan fingerprint density at radius 2 is 1.77 bits per heavy atom. The summed E-state index contributed by atoms with van der Waals surface area (Å²) < 4.78 is 0. The summed E-state index contributed by atoms with van der Waals surface area (Å²) in [6.07, 6.45) is 3.35. The maximum absolute atomic E-state index is 13.1. The molecule has 0 saturated carbocycles. The van der Waals surface area contributed by atoms with Gasteiger partial charge in [-0.25, -0.2) is 0 Å². The minimum atomic E-state index is -0.875. The molecule has 4 nitrogen and oxygen atoms in total. The lowest BCUT2D eigenvalue weighted by Gasteiger charge is -2.32. The van der Waals surface area contributed by atoms with E-state index in [0.29, 0.717) is 25.8 Å². The Morgan fingerprint density at radius 1 is 1.04 bits per heavy atom. The lowest BCUT2D eigenvalue weighted by atomic mass is 9.85. The smallest absolute Gasteiger partial charge is 0.246 e. The molecule has 2 N–H and O–H groups in total. The number of carbonyl (C=O) groups is 2. The van der Waals surface area contributed by atoms with Crippen LogP contribution in [0.4, 0.5) is 0 Å². The quantitative estimate of drug-likeness (QED) is 0.869. The molecule has 3 rings (SSSR count). The first kappa shape index (κ1) is 18.2. The third-order valence-electron chi connectivity index (χ3n) is 4.99. The number of hydrogen-bond acceptors (Lipinski definition) is 2. The zero-order valence-electron chi connectivity index (χ0n) is 15.3. The van der Waals surface area contributed by atoms with Crippen LogP contribution in [0.3, 0.4) is 0 Å². The van der Waals surface area contributed by atoms with Crippen molar-refractivity contribution in [3.63, 3.8) is 0 Å². The predicted molar refractivity (Wildman–Crippen MR) is 103 cm³/mol. The summed E-state index contributed by atoms with van der Waals surface area (Å²) in [6.45, 7) is 2.50. The van der Waals surface area contributed by atoms with Gasteiger partial charge in [0.25, 0.3) is 0 Å². The van der Waals surface area contributed by atoms with Gasteiger partial charge in [0, 0.05) is 19.4 Å². The summed E-state index contributed by atoms with van der Waals surface area (Å²) in [5.41, 5.74) is 2.43. The van der Waals surface area contributed by atoms with E-state index in [1.165, 1.54) is 5.56 Å². The van der Waals surface area contributed by atoms with Gasteiger partial charge in [-0.2, -0.15) is 0 Å². The molecule has 2 aromatic rings. The number of nitrogens with one attached hydrogen (secondary N) is 2. The molecule has 1 aliphatic rings. The Kier molecular flexibility index (Phi) is 5.71. The van der Waals surface area contributed by atoms with Crippen LogP contribution in [0.15, 0.2) is 54.6 Å². The zero-order valence-corrected chi connectivity index (χ0v) is 15.3. The number of amides is 2. The normalized spacial score (nSPS) is 20.1. The summed E-state index contributed by atoms with van der Waals surface area (Å²) in [4.78, 5) is 25.4. The van der Waals surface area contributed by atoms with E-state index in [1.54, 1.807) is 0 Å². The van der Waals surface area contributed by atoms with Gasteiger partial charge in [-0.05, 0) is 30.9 Å². The summed E-state index contributed by atoms with van der Waals surface area (Å²) in [6, 6.07) is 18.0. The third-order valence-corrected chi connectivity index (χ3v) is 4.99. The Balaban J connectivity index is 1.78. The van der Waals surface area contributed by atoms with Gasteiger partial charge in [0.15, 0.2) is 0 Å². The fourth-order valence-corrected chi connectivity index (χ4v) is 3.49. The fraction of sp³-hybridized carbons (Fsp3) is 0.364. The Morgan fingerprint density at radius 3 is 2.50 bits per heavy atom. The first-order chi connectivity index (χ1) is 12.6. The molecule has 2 amide bonds. The number of aryl methyl sites for hydroxylation is 1. The summed E-state index contributed by atoms with van der Waals surface area (Å²) in [7, 11) is 0. The molecular weight excluding hydrogens is 324 g/mol. The van der Waals surface area contributed by atoms with Crippen molar-refractivity contribution in [2.24, 2.45) is 0 Å². The molecule has 1 atom stereocenters. The molecule has 4 heteroatoms. The van der Waals surface area contributed by atoms with Gasteiger partial charge >= 0.3 is 0 Å². The summed E-state index contributed by atoms with van der Waals surface area (Å²) in [5.74, 6) is -0.138. The zero-order chi connectivity index (χ0) is 18.4. The highest BCUT2D eigenvalue weighted by Crippen LogP contribution is 2.25. The van der Waals surface area contributed by atoms with Gasteiger partial charge in [0.1, 0.15) is 5.54 Å². The van der Waals surface area contributed by atoms with E-state index in [1.807, 2.05) is 61.5 Å². The van der Waals surface area contributed by atoms with Crippen molar-refractivity contribution < 1.29 is 9.59 Å². The van der Waals surface area contributed by atoms with Gasteiger partial charge in [0.2, 0.25) is 11.8 Å². The second kappa shape index (κ2) is 8.17. The molecule has 0 aliphatic carbocycles. The Bertz CT molecular complexity index is 755. The highest BCUT2D eigenvalue weighted by atomic mass is 16.2. The van der Waals surface area contributed by atoms with E-state index < -0.39 is 5.54 Å². The molecule has 0 spiro atoms. The molecule has 0 aromatic heterocycles. The van der Waals surface area contributed by atoms with Crippen molar-refractivity contribution in [1.82, 2.24) is 10.6 Å². The van der Waals surface area contributed by atoms with Crippen LogP contribution in [0.1, 0.15) is 42.4 Å². The van der Waals surface area contributed by atoms with Crippen molar-refractivity contribution in [3.05, 3.63) is 71.3 Å². The standard InChI is InChI=1S/C22H26N2O2/c1-17-10-12-19(13-11-17)16-23-21(26)22(14-6-5-9-20(25)24-22)15-18-7-3-2-4-8-18/h2-4,7-8,10-13H,5-6,9,14-16H2,1H3,(H,23,26)(H,24,25). The number of rotatable bonds is 5. The van der Waals surface area contributed by atoms with E-state index in [-0.39, 0.29) is 11.8 Å². The van der Waals surface area contributed by atoms with E-state index in [9.17, 15) is 9.59 Å². The van der Waals surface area contributed by atoms with E-state index in [4.69, 9.17) is 0 Å². The first-order valence-electron chi connectivity index (χ1n) is 9.26. The van der Waals surface area contributed by atoms with Crippen LogP contribution in [-0.4, -0.2) is 17.4 Å². The highest BCUT2D eigenvalue weighted by Gasteiger charge is 2.40. The van der Waals surface area contributed by atoms with Crippen molar-refractivity contribution in [3.8, 4) is 0 Å². The average Bonchev–Trinajstić information content (AvgIpc) is 2.84. The molecule has 1 fully saturated rings. The molecule has 1 unspecified atom stereocenters. The third kappa shape index (κ3) is 4.51. The predicted octanol–water partition coefficient (Wildman–Crippen LogP) is 3.28. The molecule has 1 saturated heterocycles. The Labute approximate surface area is 155 Å². The van der Waals surface area contributed by atoms with Gasteiger partial charge in [-0.3, -0.25) is 9.59 Å². The average molecular weight is 350 g/mol. The molecule has 136 valence electrons. The minimum absolute atomic E-state index is 0.0380. The van der Waals surface area contributed by atoms with E-state index in [0.717, 1.165) is 24.0 Å². The largest absolute Gasteiger partial charge is 0.350 e. The van der Waals surface area contributed by atoms with Gasteiger partial charge in [-0.1, -0.05) is 66.6 Å². The van der Waals surface area contributed by atoms with Crippen LogP contribution >= 0.6 is 0 Å². The van der Waals surface area contributed by atoms with Gasteiger partial charge in [-0.15, -0.1) is 0 Å². The molecule has 1 heterocycles. The van der Waals surface area contributed by atoms with Crippen LogP contribution in [0, 0.1) is 6.92 Å². The van der Waals surface area contributed by atoms with E-state index in [2.05, 4.69) is 10.6 Å². The second-order valence-electron chi connectivity index (χ2n) is 7.17. The second-order valence-corrected chi connectivity index (χ2v) is 7.17. The number of benzene rings is 2. The van der Waals surface area contributed by atoms with Crippen LogP contribution < -0.4 is 10.6 Å². The maximum Gasteiger partial charge on any atom is 0.246 e. The number of hydrogen-bond donors (Lipinski definition) is 2. The summed E-state index contributed by atoms with van der Waals surface area (Å²) >= 11 is 0. The molecule has 0 bridgehead atoms. The van der Waals surface area contributed by atoms with Crippen LogP contribution in [0.25, 0.3) is 0 Å². The number of carbonyl (C=O) groups excluding carboxylic acids is 2. The van der Waals surface area contributed by atoms with Gasteiger partial charge in [0.05, 0.1) is 0 Å². The SMILES string of the molecule is Cc1ccc(CNC(=O)C2(Cc3ccccc3)CCCCC(=O)N2)cc1. The van der Waals surface area contributed by atoms with Crippen LogP contribution in [-0.2, 0) is 22.6 Å². The highest BCUT2D eigenvalue weighted by molar-refractivity contribution is 5.92. The minimum Gasteiger partial charge on any atom is -0.350 e. The first-order valence-corrected chi connectivity index (χ1v) is 9.26. The lowest BCUT2D eigenvalue weighted by molar-refractivity contribution is -0.133. The van der Waals surface area contributed by atoms with Crippen molar-refractivity contribution >= 4 is 11.8 Å². The monoisotopic (exact) mass is 350 g/mol. The van der Waals surface area contributed by atoms with Crippen LogP contribution in [0.2, 0.25) is 0 Å².